The van der Waals surface area contributed by atoms with Gasteiger partial charge in [0.05, 0.1) is 52.9 Å². The Morgan fingerprint density at radius 2 is 1.43 bits per heavy atom. The van der Waals surface area contributed by atoms with Crippen molar-refractivity contribution in [2.45, 2.75) is 24.2 Å². The second-order valence-electron chi connectivity index (χ2n) is 13.2. The van der Waals surface area contributed by atoms with Gasteiger partial charge in [-0.1, -0.05) is 60.7 Å². The summed E-state index contributed by atoms with van der Waals surface area (Å²) in [6.07, 6.45) is 7.37. The van der Waals surface area contributed by atoms with Gasteiger partial charge in [0, 0.05) is 18.2 Å². The third kappa shape index (κ3) is 3.38. The molecule has 4 bridgehead atoms. The standard InChI is InChI=1S/C36H28N4O7/c1-47-26-16-20(40(45)46)14-15-25(26)38-32(41)30-29-21-6-2-4-8-23(21)36(31(30)35(38)44,24-9-5-3-7-22(24)29)17-37-39-33(42)27-18-10-11-19(13-12-18)28(27)34(39)43/h2-11,14-19,27-31H,12-13H2,1H3/b37-17-/t18-,19-,27+,28+,29?,30+,31-,36?/m0/s1. The highest BCUT2D eigenvalue weighted by Gasteiger charge is 2.68. The molecule has 0 radical (unpaired) electrons. The third-order valence-corrected chi connectivity index (χ3v) is 11.4. The SMILES string of the molecule is COc1cc([N+](=O)[O-])ccc1N1C(=O)[C@@H]2C3c4ccccc4C(/C=N\N4C(=O)[C@H]5[C@H](C4=O)[C@H]4C=C[C@H]5CC4)(c4ccccc43)[C@@H]2C1=O. The zero-order valence-corrected chi connectivity index (χ0v) is 25.2. The lowest BCUT2D eigenvalue weighted by Crippen LogP contribution is -2.55. The molecule has 0 N–H and O–H groups in total. The topological polar surface area (TPSA) is 139 Å². The molecule has 3 aromatic rings. The van der Waals surface area contributed by atoms with Crippen molar-refractivity contribution >= 4 is 41.2 Å². The number of imide groups is 2. The highest BCUT2D eigenvalue weighted by molar-refractivity contribution is 6.25. The summed E-state index contributed by atoms with van der Waals surface area (Å²) in [7, 11) is 1.33. The number of anilines is 1. The van der Waals surface area contributed by atoms with Crippen LogP contribution in [0.2, 0.25) is 0 Å². The molecule has 11 nitrogen and oxygen atoms in total. The minimum atomic E-state index is -1.30. The van der Waals surface area contributed by atoms with Crippen molar-refractivity contribution in [3.63, 3.8) is 0 Å². The molecule has 0 unspecified atom stereocenters. The number of benzene rings is 3. The number of nitrogens with zero attached hydrogens (tertiary/aromatic N) is 4. The first-order valence-electron chi connectivity index (χ1n) is 15.8. The molecule has 47 heavy (non-hydrogen) atoms. The van der Waals surface area contributed by atoms with Crippen LogP contribution < -0.4 is 9.64 Å². The highest BCUT2D eigenvalue weighted by Crippen LogP contribution is 2.64. The number of amides is 4. The average molecular weight is 629 g/mol. The minimum absolute atomic E-state index is 0.00460. The van der Waals surface area contributed by atoms with Crippen molar-refractivity contribution < 1.29 is 28.8 Å². The number of rotatable bonds is 5. The van der Waals surface area contributed by atoms with Gasteiger partial charge in [-0.15, -0.1) is 0 Å². The number of fused-ring (bicyclic) bond motifs is 1. The number of hydrazone groups is 1. The van der Waals surface area contributed by atoms with Crippen LogP contribution >= 0.6 is 0 Å². The van der Waals surface area contributed by atoms with Gasteiger partial charge in [-0.3, -0.25) is 29.3 Å². The fraction of sp³-hybridized carbons (Fsp3) is 0.306. The fourth-order valence-corrected chi connectivity index (χ4v) is 9.57. The molecule has 234 valence electrons. The summed E-state index contributed by atoms with van der Waals surface area (Å²) in [5, 5.41) is 17.2. The van der Waals surface area contributed by atoms with Crippen molar-refractivity contribution in [2.75, 3.05) is 12.0 Å². The molecular formula is C36H28N4O7. The zero-order valence-electron chi connectivity index (χ0n) is 25.2. The lowest BCUT2D eigenvalue weighted by atomic mass is 9.47. The van der Waals surface area contributed by atoms with Crippen LogP contribution in [0.5, 0.6) is 5.75 Å². The third-order valence-electron chi connectivity index (χ3n) is 11.4. The maximum atomic E-state index is 14.8. The largest absolute Gasteiger partial charge is 0.494 e. The van der Waals surface area contributed by atoms with Gasteiger partial charge in [-0.2, -0.15) is 10.1 Å². The van der Waals surface area contributed by atoms with E-state index in [2.05, 4.69) is 17.3 Å². The maximum absolute atomic E-state index is 14.8. The van der Waals surface area contributed by atoms with E-state index in [1.807, 2.05) is 48.5 Å². The van der Waals surface area contributed by atoms with E-state index >= 15 is 0 Å². The predicted molar refractivity (Wildman–Crippen MR) is 167 cm³/mol. The molecule has 0 spiro atoms. The monoisotopic (exact) mass is 628 g/mol. The summed E-state index contributed by atoms with van der Waals surface area (Å²) in [5.74, 6) is -4.79. The van der Waals surface area contributed by atoms with Crippen LogP contribution in [0.1, 0.15) is 41.0 Å². The first kappa shape index (κ1) is 27.8. The van der Waals surface area contributed by atoms with Gasteiger partial charge in [0.15, 0.2) is 0 Å². The van der Waals surface area contributed by atoms with Gasteiger partial charge in [0.2, 0.25) is 11.8 Å². The number of hydrogen-bond acceptors (Lipinski definition) is 8. The Balaban J connectivity index is 1.23. The van der Waals surface area contributed by atoms with Gasteiger partial charge < -0.3 is 4.74 Å². The molecule has 8 aliphatic rings. The quantitative estimate of drug-likeness (QED) is 0.135. The van der Waals surface area contributed by atoms with Gasteiger partial charge in [-0.25, -0.2) is 4.90 Å². The highest BCUT2D eigenvalue weighted by atomic mass is 16.6. The first-order valence-corrected chi connectivity index (χ1v) is 15.8. The second kappa shape index (κ2) is 9.54. The number of ether oxygens (including phenoxy) is 1. The lowest BCUT2D eigenvalue weighted by molar-refractivity contribution is -0.384. The Hall–Kier alpha value is -5.45. The number of hydrogen-bond donors (Lipinski definition) is 0. The van der Waals surface area contributed by atoms with Crippen LogP contribution in [-0.4, -0.2) is 46.9 Å². The number of non-ortho nitro benzene ring substituents is 1. The molecule has 11 heteroatoms. The van der Waals surface area contributed by atoms with E-state index < -0.39 is 51.7 Å². The van der Waals surface area contributed by atoms with Crippen LogP contribution in [-0.2, 0) is 24.6 Å². The summed E-state index contributed by atoms with van der Waals surface area (Å²) in [4.78, 5) is 68.9. The molecule has 4 amide bonds. The summed E-state index contributed by atoms with van der Waals surface area (Å²) in [6.45, 7) is 0. The summed E-state index contributed by atoms with van der Waals surface area (Å²) in [5.41, 5.74) is 1.87. The van der Waals surface area contributed by atoms with E-state index in [4.69, 9.17) is 4.74 Å². The molecule has 3 fully saturated rings. The second-order valence-corrected chi connectivity index (χ2v) is 13.2. The number of methoxy groups -OCH3 is 1. The number of carbonyl (C=O) groups is 4. The van der Waals surface area contributed by atoms with Crippen LogP contribution in [0.15, 0.2) is 84.0 Å². The Kier molecular flexibility index (Phi) is 5.65. The molecule has 1 saturated carbocycles. The van der Waals surface area contributed by atoms with Crippen molar-refractivity contribution in [1.29, 1.82) is 0 Å². The lowest BCUT2D eigenvalue weighted by Gasteiger charge is -2.52. The predicted octanol–water partition coefficient (Wildman–Crippen LogP) is 4.34. The summed E-state index contributed by atoms with van der Waals surface area (Å²) < 4.78 is 5.46. The molecule has 3 aromatic carbocycles. The average Bonchev–Trinajstić information content (AvgIpc) is 3.53. The van der Waals surface area contributed by atoms with Gasteiger partial charge in [0.25, 0.3) is 17.5 Å². The number of nitro benzene ring substituents is 1. The molecular weight excluding hydrogens is 600 g/mol. The number of nitro groups is 1. The number of allylic oxidation sites excluding steroid dienone is 2. The summed E-state index contributed by atoms with van der Waals surface area (Å²) in [6, 6.07) is 19.1. The Labute approximate surface area is 268 Å². The van der Waals surface area contributed by atoms with Crippen molar-refractivity contribution in [3.8, 4) is 5.75 Å². The van der Waals surface area contributed by atoms with Crippen LogP contribution in [0.3, 0.4) is 0 Å². The molecule has 2 saturated heterocycles. The summed E-state index contributed by atoms with van der Waals surface area (Å²) >= 11 is 0. The van der Waals surface area contributed by atoms with E-state index in [1.54, 1.807) is 6.21 Å². The van der Waals surface area contributed by atoms with Gasteiger partial charge in [-0.05, 0) is 53.0 Å². The van der Waals surface area contributed by atoms with E-state index in [9.17, 15) is 29.3 Å². The number of carbonyl (C=O) groups excluding carboxylic acids is 4. The van der Waals surface area contributed by atoms with Crippen molar-refractivity contribution in [2.24, 2.45) is 40.6 Å². The Bertz CT molecular complexity index is 1960. The van der Waals surface area contributed by atoms with Gasteiger partial charge in [0.1, 0.15) is 5.75 Å². The van der Waals surface area contributed by atoms with E-state index in [0.717, 1.165) is 45.0 Å². The molecule has 2 aliphatic heterocycles. The van der Waals surface area contributed by atoms with Crippen molar-refractivity contribution in [3.05, 3.63) is 111 Å². The molecule has 0 aromatic heterocycles. The Morgan fingerprint density at radius 3 is 1.98 bits per heavy atom. The Morgan fingerprint density at radius 1 is 0.830 bits per heavy atom. The molecule has 11 rings (SSSR count). The zero-order chi connectivity index (χ0) is 32.4. The minimum Gasteiger partial charge on any atom is -0.494 e. The first-order chi connectivity index (χ1) is 22.8. The smallest absolute Gasteiger partial charge is 0.273 e. The normalized spacial score (nSPS) is 32.6. The van der Waals surface area contributed by atoms with Crippen LogP contribution in [0, 0.1) is 45.6 Å². The van der Waals surface area contributed by atoms with Crippen LogP contribution in [0.25, 0.3) is 0 Å². The maximum Gasteiger partial charge on any atom is 0.273 e. The van der Waals surface area contributed by atoms with Crippen molar-refractivity contribution in [1.82, 2.24) is 5.01 Å². The molecule has 2 heterocycles. The molecule has 6 atom stereocenters. The van der Waals surface area contributed by atoms with E-state index in [0.29, 0.717) is 0 Å². The van der Waals surface area contributed by atoms with E-state index in [1.165, 1.54) is 25.3 Å². The molecule has 6 aliphatic carbocycles. The fourth-order valence-electron chi connectivity index (χ4n) is 9.57. The van der Waals surface area contributed by atoms with E-state index in [-0.39, 0.29) is 40.8 Å². The van der Waals surface area contributed by atoms with Gasteiger partial charge >= 0.3 is 0 Å². The van der Waals surface area contributed by atoms with Crippen LogP contribution in [0.4, 0.5) is 11.4 Å².